The summed E-state index contributed by atoms with van der Waals surface area (Å²) in [5.74, 6) is 0.423. The van der Waals surface area contributed by atoms with Crippen molar-refractivity contribution >= 4 is 11.8 Å². The molecule has 5 nitrogen and oxygen atoms in total. The fourth-order valence-corrected chi connectivity index (χ4v) is 2.29. The highest BCUT2D eigenvalue weighted by Gasteiger charge is 2.21. The number of carbonyl (C=O) groups is 2. The summed E-state index contributed by atoms with van der Waals surface area (Å²) in [7, 11) is 0. The van der Waals surface area contributed by atoms with Gasteiger partial charge in [-0.3, -0.25) is 9.59 Å². The zero-order valence-corrected chi connectivity index (χ0v) is 10.5. The van der Waals surface area contributed by atoms with E-state index in [0.717, 1.165) is 25.7 Å². The van der Waals surface area contributed by atoms with E-state index in [4.69, 9.17) is 5.73 Å². The first-order valence-electron chi connectivity index (χ1n) is 6.34. The topological polar surface area (TPSA) is 84.2 Å². The lowest BCUT2D eigenvalue weighted by Crippen LogP contribution is -2.36. The number of nitrogens with two attached hydrogens (primary N) is 1. The van der Waals surface area contributed by atoms with E-state index < -0.39 is 0 Å². The monoisotopic (exact) mass is 241 g/mol. The Kier molecular flexibility index (Phi) is 5.97. The average Bonchev–Trinajstić information content (AvgIpc) is 2.24. The quantitative estimate of drug-likeness (QED) is 0.599. The molecule has 0 aromatic carbocycles. The van der Waals surface area contributed by atoms with Crippen LogP contribution in [0.3, 0.4) is 0 Å². The maximum absolute atomic E-state index is 11.6. The first kappa shape index (κ1) is 14.0. The summed E-state index contributed by atoms with van der Waals surface area (Å²) in [6.45, 7) is 2.45. The molecule has 17 heavy (non-hydrogen) atoms. The van der Waals surface area contributed by atoms with Gasteiger partial charge in [0, 0.05) is 32.5 Å². The highest BCUT2D eigenvalue weighted by Crippen LogP contribution is 2.25. The van der Waals surface area contributed by atoms with Crippen LogP contribution in [0.1, 0.15) is 39.0 Å². The van der Waals surface area contributed by atoms with Gasteiger partial charge in [0.1, 0.15) is 0 Å². The van der Waals surface area contributed by atoms with Crippen LogP contribution in [0, 0.1) is 5.92 Å². The molecule has 4 N–H and O–H groups in total. The van der Waals surface area contributed by atoms with Gasteiger partial charge in [-0.05, 0) is 25.2 Å². The van der Waals surface area contributed by atoms with Gasteiger partial charge in [0.05, 0.1) is 0 Å². The van der Waals surface area contributed by atoms with Gasteiger partial charge in [0.25, 0.3) is 0 Å². The zero-order chi connectivity index (χ0) is 12.7. The Morgan fingerprint density at radius 3 is 2.59 bits per heavy atom. The highest BCUT2D eigenvalue weighted by atomic mass is 16.2. The number of amides is 2. The van der Waals surface area contributed by atoms with Crippen LogP contribution >= 0.6 is 0 Å². The van der Waals surface area contributed by atoms with E-state index in [1.807, 2.05) is 0 Å². The van der Waals surface area contributed by atoms with Crippen LogP contribution in [0.15, 0.2) is 0 Å². The van der Waals surface area contributed by atoms with Crippen molar-refractivity contribution in [1.82, 2.24) is 10.6 Å². The van der Waals surface area contributed by atoms with Gasteiger partial charge in [0.15, 0.2) is 0 Å². The fraction of sp³-hybridized carbons (Fsp3) is 0.833. The van der Waals surface area contributed by atoms with Crippen LogP contribution in [-0.2, 0) is 9.59 Å². The Morgan fingerprint density at radius 1 is 1.24 bits per heavy atom. The Hall–Kier alpha value is -1.10. The summed E-state index contributed by atoms with van der Waals surface area (Å²) in [6.07, 6.45) is 4.84. The van der Waals surface area contributed by atoms with E-state index in [1.165, 1.54) is 6.92 Å². The molecule has 5 heteroatoms. The average molecular weight is 241 g/mol. The first-order chi connectivity index (χ1) is 8.08. The summed E-state index contributed by atoms with van der Waals surface area (Å²) in [5, 5.41) is 5.44. The van der Waals surface area contributed by atoms with E-state index in [0.29, 0.717) is 25.4 Å². The van der Waals surface area contributed by atoms with Crippen molar-refractivity contribution in [1.29, 1.82) is 0 Å². The maximum atomic E-state index is 11.6. The molecule has 0 heterocycles. The largest absolute Gasteiger partial charge is 0.355 e. The molecule has 2 atom stereocenters. The molecule has 0 aliphatic heterocycles. The van der Waals surface area contributed by atoms with Crippen molar-refractivity contribution in [3.8, 4) is 0 Å². The van der Waals surface area contributed by atoms with Crippen molar-refractivity contribution in [3.05, 3.63) is 0 Å². The molecule has 1 aliphatic rings. The van der Waals surface area contributed by atoms with Gasteiger partial charge < -0.3 is 16.4 Å². The molecular weight excluding hydrogens is 218 g/mol. The van der Waals surface area contributed by atoms with Crippen LogP contribution < -0.4 is 16.4 Å². The van der Waals surface area contributed by atoms with E-state index in [1.54, 1.807) is 0 Å². The molecule has 1 fully saturated rings. The second kappa shape index (κ2) is 7.27. The number of hydrogen-bond acceptors (Lipinski definition) is 3. The van der Waals surface area contributed by atoms with Gasteiger partial charge >= 0.3 is 0 Å². The molecule has 0 spiro atoms. The zero-order valence-electron chi connectivity index (χ0n) is 10.5. The maximum Gasteiger partial charge on any atom is 0.220 e. The van der Waals surface area contributed by atoms with E-state index >= 15 is 0 Å². The molecular formula is C12H23N3O2. The molecule has 1 saturated carbocycles. The number of hydrogen-bond donors (Lipinski definition) is 3. The summed E-state index contributed by atoms with van der Waals surface area (Å²) < 4.78 is 0. The van der Waals surface area contributed by atoms with Crippen molar-refractivity contribution in [2.45, 2.75) is 45.1 Å². The Bertz CT molecular complexity index is 268. The molecule has 2 unspecified atom stereocenters. The van der Waals surface area contributed by atoms with Crippen LogP contribution in [0.4, 0.5) is 0 Å². The molecule has 0 saturated heterocycles. The summed E-state index contributed by atoms with van der Waals surface area (Å²) in [5.41, 5.74) is 5.88. The minimum Gasteiger partial charge on any atom is -0.355 e. The smallest absolute Gasteiger partial charge is 0.220 e. The normalized spacial score (nSPS) is 24.1. The third kappa shape index (κ3) is 6.26. The second-order valence-corrected chi connectivity index (χ2v) is 4.83. The van der Waals surface area contributed by atoms with Crippen LogP contribution in [0.2, 0.25) is 0 Å². The standard InChI is InChI=1S/C12H23N3O2/c1-9(16)14-5-6-15-12(17)8-10-3-2-4-11(13)7-10/h10-11H,2-8,13H2,1H3,(H,14,16)(H,15,17). The lowest BCUT2D eigenvalue weighted by Gasteiger charge is -2.26. The predicted molar refractivity (Wildman–Crippen MR) is 66.2 cm³/mol. The molecule has 0 aromatic heterocycles. The second-order valence-electron chi connectivity index (χ2n) is 4.83. The minimum atomic E-state index is -0.0718. The van der Waals surface area contributed by atoms with Gasteiger partial charge in [-0.15, -0.1) is 0 Å². The van der Waals surface area contributed by atoms with Crippen molar-refractivity contribution < 1.29 is 9.59 Å². The van der Waals surface area contributed by atoms with Crippen molar-refractivity contribution in [2.24, 2.45) is 11.7 Å². The van der Waals surface area contributed by atoms with Gasteiger partial charge in [-0.1, -0.05) is 6.42 Å². The minimum absolute atomic E-state index is 0.0643. The highest BCUT2D eigenvalue weighted by molar-refractivity contribution is 5.76. The fourth-order valence-electron chi connectivity index (χ4n) is 2.29. The summed E-state index contributed by atoms with van der Waals surface area (Å²) >= 11 is 0. The third-order valence-corrected chi connectivity index (χ3v) is 3.12. The van der Waals surface area contributed by atoms with Crippen LogP contribution in [0.25, 0.3) is 0 Å². The van der Waals surface area contributed by atoms with E-state index in [9.17, 15) is 9.59 Å². The van der Waals surface area contributed by atoms with Gasteiger partial charge in [0.2, 0.25) is 11.8 Å². The van der Waals surface area contributed by atoms with Gasteiger partial charge in [-0.25, -0.2) is 0 Å². The van der Waals surface area contributed by atoms with Gasteiger partial charge in [-0.2, -0.15) is 0 Å². The third-order valence-electron chi connectivity index (χ3n) is 3.12. The molecule has 98 valence electrons. The number of rotatable bonds is 5. The molecule has 1 aliphatic carbocycles. The summed E-state index contributed by atoms with van der Waals surface area (Å²) in [6, 6.07) is 0.265. The number of carbonyl (C=O) groups excluding carboxylic acids is 2. The van der Waals surface area contributed by atoms with Crippen LogP contribution in [-0.4, -0.2) is 30.9 Å². The Labute approximate surface area is 103 Å². The molecule has 0 aromatic rings. The lowest BCUT2D eigenvalue weighted by molar-refractivity contribution is -0.123. The Morgan fingerprint density at radius 2 is 1.94 bits per heavy atom. The van der Waals surface area contributed by atoms with Crippen LogP contribution in [0.5, 0.6) is 0 Å². The number of nitrogens with one attached hydrogen (secondary N) is 2. The summed E-state index contributed by atoms with van der Waals surface area (Å²) in [4.78, 5) is 22.2. The molecule has 0 bridgehead atoms. The SMILES string of the molecule is CC(=O)NCCNC(=O)CC1CCCC(N)C1. The van der Waals surface area contributed by atoms with Crippen molar-refractivity contribution in [3.63, 3.8) is 0 Å². The predicted octanol–water partition coefficient (Wildman–Crippen LogP) is 0.146. The molecule has 2 amide bonds. The lowest BCUT2D eigenvalue weighted by atomic mass is 9.84. The first-order valence-corrected chi connectivity index (χ1v) is 6.34. The van der Waals surface area contributed by atoms with E-state index in [2.05, 4.69) is 10.6 Å². The van der Waals surface area contributed by atoms with E-state index in [-0.39, 0.29) is 17.9 Å². The molecule has 0 radical (unpaired) electrons. The Balaban J connectivity index is 2.09. The molecule has 1 rings (SSSR count). The van der Waals surface area contributed by atoms with Crippen molar-refractivity contribution in [2.75, 3.05) is 13.1 Å².